The van der Waals surface area contributed by atoms with E-state index in [1.807, 2.05) is 0 Å². The number of nitrogens with zero attached hydrogens (tertiary/aromatic N) is 1. The molecule has 2 N–H and O–H groups in total. The molecule has 17 heavy (non-hydrogen) atoms. The fraction of sp³-hybridized carbons (Fsp3) is 0.786. The minimum atomic E-state index is 0.405. The van der Waals surface area contributed by atoms with E-state index >= 15 is 0 Å². The molecule has 1 aromatic heterocycles. The van der Waals surface area contributed by atoms with Crippen molar-refractivity contribution in [3.63, 3.8) is 0 Å². The standard InChI is InChI=1S/C14H24N2O/c1-10(2)13-12(17-16-14(13)15)9-11-7-5-3-4-6-8-11/h10-11H,3-9H2,1-2H3,(H2,15,16). The molecule has 1 aromatic rings. The maximum absolute atomic E-state index is 5.87. The smallest absolute Gasteiger partial charge is 0.170 e. The average molecular weight is 236 g/mol. The summed E-state index contributed by atoms with van der Waals surface area (Å²) in [4.78, 5) is 0. The van der Waals surface area contributed by atoms with E-state index in [0.29, 0.717) is 11.7 Å². The van der Waals surface area contributed by atoms with Crippen molar-refractivity contribution in [1.29, 1.82) is 0 Å². The summed E-state index contributed by atoms with van der Waals surface area (Å²) in [7, 11) is 0. The van der Waals surface area contributed by atoms with Crippen LogP contribution in [0.15, 0.2) is 4.52 Å². The monoisotopic (exact) mass is 236 g/mol. The van der Waals surface area contributed by atoms with E-state index in [4.69, 9.17) is 10.3 Å². The first-order chi connectivity index (χ1) is 8.18. The normalized spacial score (nSPS) is 18.5. The molecular formula is C14H24N2O. The number of hydrogen-bond acceptors (Lipinski definition) is 3. The van der Waals surface area contributed by atoms with E-state index in [0.717, 1.165) is 23.7 Å². The Labute approximate surface area is 104 Å². The summed E-state index contributed by atoms with van der Waals surface area (Å²) in [5, 5.41) is 3.93. The molecule has 1 saturated carbocycles. The molecule has 1 fully saturated rings. The van der Waals surface area contributed by atoms with Gasteiger partial charge in [-0.2, -0.15) is 0 Å². The molecule has 3 nitrogen and oxygen atoms in total. The van der Waals surface area contributed by atoms with Gasteiger partial charge in [0.25, 0.3) is 0 Å². The maximum Gasteiger partial charge on any atom is 0.170 e. The summed E-state index contributed by atoms with van der Waals surface area (Å²) in [6.07, 6.45) is 9.21. The third kappa shape index (κ3) is 3.02. The Morgan fingerprint density at radius 1 is 1.24 bits per heavy atom. The van der Waals surface area contributed by atoms with Crippen molar-refractivity contribution >= 4 is 5.82 Å². The molecule has 1 heterocycles. The Morgan fingerprint density at radius 2 is 1.88 bits per heavy atom. The second-order valence-electron chi connectivity index (χ2n) is 5.62. The van der Waals surface area contributed by atoms with Crippen LogP contribution in [0.4, 0.5) is 5.82 Å². The topological polar surface area (TPSA) is 52.0 Å². The zero-order valence-electron chi connectivity index (χ0n) is 11.0. The van der Waals surface area contributed by atoms with Crippen molar-refractivity contribution in [3.8, 4) is 0 Å². The largest absolute Gasteiger partial charge is 0.381 e. The van der Waals surface area contributed by atoms with Crippen LogP contribution in [0.5, 0.6) is 0 Å². The summed E-state index contributed by atoms with van der Waals surface area (Å²) in [5.74, 6) is 2.79. The SMILES string of the molecule is CC(C)c1c(N)noc1CC1CCCCCC1. The Balaban J connectivity index is 2.06. The first-order valence-electron chi connectivity index (χ1n) is 6.92. The molecule has 0 unspecified atom stereocenters. The van der Waals surface area contributed by atoms with Gasteiger partial charge in [-0.25, -0.2) is 0 Å². The highest BCUT2D eigenvalue weighted by Gasteiger charge is 2.21. The number of aromatic nitrogens is 1. The summed E-state index contributed by atoms with van der Waals surface area (Å²) in [6.45, 7) is 4.30. The van der Waals surface area contributed by atoms with Gasteiger partial charge >= 0.3 is 0 Å². The van der Waals surface area contributed by atoms with Crippen LogP contribution in [-0.2, 0) is 6.42 Å². The minimum absolute atomic E-state index is 0.405. The summed E-state index contributed by atoms with van der Waals surface area (Å²) >= 11 is 0. The molecule has 3 heteroatoms. The quantitative estimate of drug-likeness (QED) is 0.810. The zero-order valence-corrected chi connectivity index (χ0v) is 11.0. The lowest BCUT2D eigenvalue weighted by Crippen LogP contribution is -2.05. The first kappa shape index (κ1) is 12.5. The van der Waals surface area contributed by atoms with Gasteiger partial charge in [-0.3, -0.25) is 0 Å². The lowest BCUT2D eigenvalue weighted by Gasteiger charge is -2.13. The highest BCUT2D eigenvalue weighted by Crippen LogP contribution is 2.31. The Bertz CT molecular complexity index is 349. The molecular weight excluding hydrogens is 212 g/mol. The zero-order chi connectivity index (χ0) is 12.3. The van der Waals surface area contributed by atoms with Gasteiger partial charge < -0.3 is 10.3 Å². The van der Waals surface area contributed by atoms with Gasteiger partial charge in [0.1, 0.15) is 5.76 Å². The molecule has 0 spiro atoms. The van der Waals surface area contributed by atoms with E-state index in [2.05, 4.69) is 19.0 Å². The molecule has 1 aliphatic rings. The fourth-order valence-electron chi connectivity index (χ4n) is 2.94. The van der Waals surface area contributed by atoms with Crippen LogP contribution in [0.1, 0.15) is 69.6 Å². The lowest BCUT2D eigenvalue weighted by atomic mass is 9.92. The number of nitrogens with two attached hydrogens (primary N) is 1. The van der Waals surface area contributed by atoms with Gasteiger partial charge in [-0.1, -0.05) is 57.5 Å². The van der Waals surface area contributed by atoms with Crippen LogP contribution in [0.25, 0.3) is 0 Å². The summed E-state index contributed by atoms with van der Waals surface area (Å²) in [6, 6.07) is 0. The highest BCUT2D eigenvalue weighted by molar-refractivity contribution is 5.42. The molecule has 0 saturated heterocycles. The van der Waals surface area contributed by atoms with E-state index in [-0.39, 0.29) is 0 Å². The molecule has 0 bridgehead atoms. The molecule has 2 rings (SSSR count). The van der Waals surface area contributed by atoms with Crippen molar-refractivity contribution in [2.75, 3.05) is 5.73 Å². The number of hydrogen-bond donors (Lipinski definition) is 1. The van der Waals surface area contributed by atoms with E-state index in [9.17, 15) is 0 Å². The second-order valence-corrected chi connectivity index (χ2v) is 5.62. The molecule has 96 valence electrons. The average Bonchev–Trinajstić information content (AvgIpc) is 2.51. The minimum Gasteiger partial charge on any atom is -0.381 e. The molecule has 1 aliphatic carbocycles. The molecule has 0 atom stereocenters. The van der Waals surface area contributed by atoms with Crippen molar-refractivity contribution in [2.45, 2.75) is 64.7 Å². The third-order valence-electron chi connectivity index (χ3n) is 3.86. The molecule has 0 aliphatic heterocycles. The van der Waals surface area contributed by atoms with Gasteiger partial charge in [0.05, 0.1) is 0 Å². The van der Waals surface area contributed by atoms with Crippen LogP contribution < -0.4 is 5.73 Å². The van der Waals surface area contributed by atoms with Crippen LogP contribution in [0.3, 0.4) is 0 Å². The molecule has 0 radical (unpaired) electrons. The first-order valence-corrected chi connectivity index (χ1v) is 6.92. The van der Waals surface area contributed by atoms with Crippen LogP contribution >= 0.6 is 0 Å². The van der Waals surface area contributed by atoms with E-state index in [1.54, 1.807) is 0 Å². The highest BCUT2D eigenvalue weighted by atomic mass is 16.5. The predicted octanol–water partition coefficient (Wildman–Crippen LogP) is 3.89. The lowest BCUT2D eigenvalue weighted by molar-refractivity contribution is 0.343. The molecule has 0 aromatic carbocycles. The maximum atomic E-state index is 5.87. The number of nitrogen functional groups attached to an aromatic ring is 1. The van der Waals surface area contributed by atoms with Crippen molar-refractivity contribution in [2.24, 2.45) is 5.92 Å². The predicted molar refractivity (Wildman–Crippen MR) is 69.9 cm³/mol. The van der Waals surface area contributed by atoms with Crippen molar-refractivity contribution in [3.05, 3.63) is 11.3 Å². The van der Waals surface area contributed by atoms with Crippen molar-refractivity contribution < 1.29 is 4.52 Å². The van der Waals surface area contributed by atoms with Crippen molar-refractivity contribution in [1.82, 2.24) is 5.16 Å². The Morgan fingerprint density at radius 3 is 2.47 bits per heavy atom. The van der Waals surface area contributed by atoms with Crippen LogP contribution in [0.2, 0.25) is 0 Å². The third-order valence-corrected chi connectivity index (χ3v) is 3.86. The second kappa shape index (κ2) is 5.56. The van der Waals surface area contributed by atoms with Gasteiger partial charge in [-0.15, -0.1) is 0 Å². The summed E-state index contributed by atoms with van der Waals surface area (Å²) in [5.41, 5.74) is 7.01. The summed E-state index contributed by atoms with van der Waals surface area (Å²) < 4.78 is 5.43. The van der Waals surface area contributed by atoms with Gasteiger partial charge in [0, 0.05) is 12.0 Å². The Kier molecular flexibility index (Phi) is 4.08. The Hall–Kier alpha value is -0.990. The molecule has 0 amide bonds. The van der Waals surface area contributed by atoms with E-state index in [1.165, 1.54) is 38.5 Å². The fourth-order valence-corrected chi connectivity index (χ4v) is 2.94. The van der Waals surface area contributed by atoms with Gasteiger partial charge in [-0.05, 0) is 11.8 Å². The van der Waals surface area contributed by atoms with E-state index < -0.39 is 0 Å². The van der Waals surface area contributed by atoms with Crippen LogP contribution in [0, 0.1) is 5.92 Å². The van der Waals surface area contributed by atoms with Crippen LogP contribution in [-0.4, -0.2) is 5.16 Å². The number of rotatable bonds is 3. The van der Waals surface area contributed by atoms with Gasteiger partial charge in [0.2, 0.25) is 0 Å². The number of anilines is 1. The van der Waals surface area contributed by atoms with Gasteiger partial charge in [0.15, 0.2) is 5.82 Å².